The van der Waals surface area contributed by atoms with Crippen molar-refractivity contribution in [3.8, 4) is 5.75 Å². The average Bonchev–Trinajstić information content (AvgIpc) is 2.05. The fraction of sp³-hybridized carbons (Fsp3) is 0.333. The third kappa shape index (κ3) is 2.51. The summed E-state index contributed by atoms with van der Waals surface area (Å²) in [6.45, 7) is 0. The molecule has 0 bridgehead atoms. The Balaban J connectivity index is 2.65. The number of hydrogen-bond donors (Lipinski definition) is 1. The maximum absolute atomic E-state index is 12.1. The summed E-state index contributed by atoms with van der Waals surface area (Å²) in [7, 11) is 1.57. The molecule has 0 aliphatic carbocycles. The van der Waals surface area contributed by atoms with E-state index < -0.39 is 6.36 Å². The molecule has 0 aliphatic rings. The van der Waals surface area contributed by atoms with Crippen molar-refractivity contribution in [2.75, 3.05) is 7.11 Å². The molecule has 3 heteroatoms. The minimum Gasteiger partial charge on any atom is -0.497 e. The van der Waals surface area contributed by atoms with E-state index in [1.807, 2.05) is 0 Å². The van der Waals surface area contributed by atoms with Crippen molar-refractivity contribution >= 4 is 0 Å². The van der Waals surface area contributed by atoms with Crippen LogP contribution in [-0.2, 0) is 6.42 Å². The Morgan fingerprint density at radius 3 is 2.42 bits per heavy atom. The normalized spacial score (nSPS) is 12.6. The number of hydrogen-bond acceptors (Lipinski definition) is 2. The predicted octanol–water partition coefficient (Wildman–Crippen LogP) is 1.53. The summed E-state index contributed by atoms with van der Waals surface area (Å²) in [5.74, 6) is 0.729. The molecule has 1 unspecified atom stereocenters. The molecule has 0 fully saturated rings. The van der Waals surface area contributed by atoms with Gasteiger partial charge in [-0.25, -0.2) is 4.39 Å². The maximum atomic E-state index is 12.1. The van der Waals surface area contributed by atoms with Crippen LogP contribution < -0.4 is 4.74 Å². The van der Waals surface area contributed by atoms with Crippen LogP contribution in [-0.4, -0.2) is 18.6 Å². The second-order valence-corrected chi connectivity index (χ2v) is 2.49. The first kappa shape index (κ1) is 9.00. The lowest BCUT2D eigenvalue weighted by Gasteiger charge is -2.02. The van der Waals surface area contributed by atoms with E-state index in [0.29, 0.717) is 0 Å². The Bertz CT molecular complexity index is 231. The van der Waals surface area contributed by atoms with Crippen LogP contribution in [0, 0.1) is 0 Å². The van der Waals surface area contributed by atoms with Crippen LogP contribution in [0.15, 0.2) is 24.3 Å². The highest BCUT2D eigenvalue weighted by Crippen LogP contribution is 2.12. The van der Waals surface area contributed by atoms with Crippen LogP contribution >= 0.6 is 0 Å². The predicted molar refractivity (Wildman–Crippen MR) is 43.8 cm³/mol. The van der Waals surface area contributed by atoms with Crippen LogP contribution in [0.25, 0.3) is 0 Å². The molecule has 1 atom stereocenters. The summed E-state index contributed by atoms with van der Waals surface area (Å²) >= 11 is 0. The molecule has 0 saturated heterocycles. The van der Waals surface area contributed by atoms with Gasteiger partial charge in [0.1, 0.15) is 5.75 Å². The lowest BCUT2D eigenvalue weighted by atomic mass is 10.1. The highest BCUT2D eigenvalue weighted by Gasteiger charge is 2.01. The molecule has 1 aromatic rings. The van der Waals surface area contributed by atoms with Gasteiger partial charge in [-0.1, -0.05) is 12.1 Å². The molecule has 0 amide bonds. The third-order valence-electron chi connectivity index (χ3n) is 1.56. The summed E-state index contributed by atoms with van der Waals surface area (Å²) in [6, 6.07) is 6.92. The van der Waals surface area contributed by atoms with Gasteiger partial charge < -0.3 is 9.84 Å². The van der Waals surface area contributed by atoms with Crippen LogP contribution in [0.5, 0.6) is 5.75 Å². The van der Waals surface area contributed by atoms with Crippen LogP contribution in [0.2, 0.25) is 0 Å². The van der Waals surface area contributed by atoms with E-state index in [1.165, 1.54) is 0 Å². The summed E-state index contributed by atoms with van der Waals surface area (Å²) < 4.78 is 17.0. The van der Waals surface area contributed by atoms with Crippen LogP contribution in [0.4, 0.5) is 4.39 Å². The van der Waals surface area contributed by atoms with E-state index >= 15 is 0 Å². The Labute approximate surface area is 70.6 Å². The molecule has 66 valence electrons. The van der Waals surface area contributed by atoms with E-state index in [2.05, 4.69) is 0 Å². The quantitative estimate of drug-likeness (QED) is 0.745. The van der Waals surface area contributed by atoms with E-state index in [0.717, 1.165) is 11.3 Å². The van der Waals surface area contributed by atoms with Crippen LogP contribution in [0.1, 0.15) is 5.56 Å². The summed E-state index contributed by atoms with van der Waals surface area (Å²) in [5, 5.41) is 8.43. The number of alkyl halides is 1. The molecular formula is C9H11FO2. The highest BCUT2D eigenvalue weighted by atomic mass is 19.1. The highest BCUT2D eigenvalue weighted by molar-refractivity contribution is 5.27. The lowest BCUT2D eigenvalue weighted by molar-refractivity contribution is 0.0430. The zero-order valence-electron chi connectivity index (χ0n) is 6.83. The Kier molecular flexibility index (Phi) is 3.05. The number of benzene rings is 1. The van der Waals surface area contributed by atoms with Crippen molar-refractivity contribution in [3.05, 3.63) is 29.8 Å². The van der Waals surface area contributed by atoms with E-state index in [4.69, 9.17) is 9.84 Å². The van der Waals surface area contributed by atoms with Gasteiger partial charge in [-0.15, -0.1) is 0 Å². The standard InChI is InChI=1S/C9H11FO2/c1-12-8-4-2-7(3-5-8)6-9(10)11/h2-5,9,11H,6H2,1H3. The maximum Gasteiger partial charge on any atom is 0.200 e. The number of ether oxygens (including phenoxy) is 1. The largest absolute Gasteiger partial charge is 0.497 e. The monoisotopic (exact) mass is 170 g/mol. The minimum atomic E-state index is -1.78. The summed E-state index contributed by atoms with van der Waals surface area (Å²) in [6.07, 6.45) is -1.75. The van der Waals surface area contributed by atoms with E-state index in [-0.39, 0.29) is 6.42 Å². The van der Waals surface area contributed by atoms with Gasteiger partial charge in [-0.2, -0.15) is 0 Å². The number of rotatable bonds is 3. The van der Waals surface area contributed by atoms with Gasteiger partial charge in [0, 0.05) is 6.42 Å². The molecule has 1 N–H and O–H groups in total. The molecule has 1 aromatic carbocycles. The van der Waals surface area contributed by atoms with Crippen molar-refractivity contribution in [3.63, 3.8) is 0 Å². The fourth-order valence-electron chi connectivity index (χ4n) is 0.956. The van der Waals surface area contributed by atoms with Gasteiger partial charge >= 0.3 is 0 Å². The zero-order chi connectivity index (χ0) is 8.97. The van der Waals surface area contributed by atoms with Gasteiger partial charge in [-0.3, -0.25) is 0 Å². The fourth-order valence-corrected chi connectivity index (χ4v) is 0.956. The molecule has 2 nitrogen and oxygen atoms in total. The van der Waals surface area contributed by atoms with E-state index in [1.54, 1.807) is 31.4 Å². The number of aliphatic hydroxyl groups is 1. The third-order valence-corrected chi connectivity index (χ3v) is 1.56. The van der Waals surface area contributed by atoms with Gasteiger partial charge in [0.2, 0.25) is 0 Å². The summed E-state index contributed by atoms with van der Waals surface area (Å²) in [5.41, 5.74) is 0.755. The van der Waals surface area contributed by atoms with Gasteiger partial charge in [0.15, 0.2) is 6.36 Å². The molecule has 1 rings (SSSR count). The lowest BCUT2D eigenvalue weighted by Crippen LogP contribution is -2.01. The number of halogens is 1. The van der Waals surface area contributed by atoms with Crippen LogP contribution in [0.3, 0.4) is 0 Å². The topological polar surface area (TPSA) is 29.5 Å². The first-order valence-corrected chi connectivity index (χ1v) is 3.67. The summed E-state index contributed by atoms with van der Waals surface area (Å²) in [4.78, 5) is 0. The van der Waals surface area contributed by atoms with E-state index in [9.17, 15) is 4.39 Å². The number of aliphatic hydroxyl groups excluding tert-OH is 1. The minimum absolute atomic E-state index is 0.0317. The van der Waals surface area contributed by atoms with Gasteiger partial charge in [0.05, 0.1) is 7.11 Å². The SMILES string of the molecule is COc1ccc(CC(O)F)cc1. The molecular weight excluding hydrogens is 159 g/mol. The molecule has 0 saturated carbocycles. The second-order valence-electron chi connectivity index (χ2n) is 2.49. The Morgan fingerprint density at radius 1 is 1.42 bits per heavy atom. The first-order valence-electron chi connectivity index (χ1n) is 3.67. The van der Waals surface area contributed by atoms with Crippen molar-refractivity contribution in [2.45, 2.75) is 12.8 Å². The molecule has 0 spiro atoms. The molecule has 0 heterocycles. The second kappa shape index (κ2) is 4.07. The smallest absolute Gasteiger partial charge is 0.200 e. The van der Waals surface area contributed by atoms with Gasteiger partial charge in [0.25, 0.3) is 0 Å². The van der Waals surface area contributed by atoms with Crippen molar-refractivity contribution in [1.29, 1.82) is 0 Å². The van der Waals surface area contributed by atoms with Crippen molar-refractivity contribution in [1.82, 2.24) is 0 Å². The molecule has 0 aromatic heterocycles. The number of methoxy groups -OCH3 is 1. The molecule has 12 heavy (non-hydrogen) atoms. The molecule has 0 aliphatic heterocycles. The Morgan fingerprint density at radius 2 is 2.00 bits per heavy atom. The average molecular weight is 170 g/mol. The van der Waals surface area contributed by atoms with Crippen molar-refractivity contribution < 1.29 is 14.2 Å². The molecule has 0 radical (unpaired) electrons. The Hall–Kier alpha value is -1.09. The zero-order valence-corrected chi connectivity index (χ0v) is 6.83. The van der Waals surface area contributed by atoms with Crippen molar-refractivity contribution in [2.24, 2.45) is 0 Å². The first-order chi connectivity index (χ1) is 5.72. The van der Waals surface area contributed by atoms with Gasteiger partial charge in [-0.05, 0) is 17.7 Å².